The van der Waals surface area contributed by atoms with Gasteiger partial charge < -0.3 is 5.11 Å². The number of aliphatic hydroxyl groups is 1. The van der Waals surface area contributed by atoms with Crippen LogP contribution in [0.1, 0.15) is 12.1 Å². The standard InChI is InChI=1S/C14H18N2OS/c1-16-13-5-3-2-4-11(13)12(15-16)8-14(17)10-6-7-18-9-10/h2-5,10,14,17H,6-9H2,1H3. The highest BCUT2D eigenvalue weighted by atomic mass is 32.2. The van der Waals surface area contributed by atoms with E-state index >= 15 is 0 Å². The number of benzene rings is 1. The van der Waals surface area contributed by atoms with Gasteiger partial charge in [-0.15, -0.1) is 0 Å². The first-order valence-corrected chi connectivity index (χ1v) is 7.57. The van der Waals surface area contributed by atoms with Crippen molar-refractivity contribution in [3.8, 4) is 0 Å². The molecule has 96 valence electrons. The predicted molar refractivity (Wildman–Crippen MR) is 75.9 cm³/mol. The van der Waals surface area contributed by atoms with E-state index < -0.39 is 0 Å². The van der Waals surface area contributed by atoms with Gasteiger partial charge in [-0.1, -0.05) is 18.2 Å². The minimum Gasteiger partial charge on any atom is -0.392 e. The molecule has 0 aliphatic carbocycles. The van der Waals surface area contributed by atoms with Crippen LogP contribution in [0.5, 0.6) is 0 Å². The number of aryl methyl sites for hydroxylation is 1. The van der Waals surface area contributed by atoms with Gasteiger partial charge in [0.05, 0.1) is 17.3 Å². The maximum Gasteiger partial charge on any atom is 0.0729 e. The zero-order chi connectivity index (χ0) is 12.5. The molecule has 18 heavy (non-hydrogen) atoms. The summed E-state index contributed by atoms with van der Waals surface area (Å²) in [6.45, 7) is 0. The Morgan fingerprint density at radius 1 is 1.50 bits per heavy atom. The van der Waals surface area contributed by atoms with Gasteiger partial charge in [-0.05, 0) is 29.9 Å². The number of hydrogen-bond acceptors (Lipinski definition) is 3. The molecule has 0 amide bonds. The number of nitrogens with zero attached hydrogens (tertiary/aromatic N) is 2. The Morgan fingerprint density at radius 3 is 3.11 bits per heavy atom. The topological polar surface area (TPSA) is 38.0 Å². The van der Waals surface area contributed by atoms with Crippen molar-refractivity contribution in [2.75, 3.05) is 11.5 Å². The highest BCUT2D eigenvalue weighted by Gasteiger charge is 2.25. The van der Waals surface area contributed by atoms with Crippen LogP contribution in [0.25, 0.3) is 10.9 Å². The lowest BCUT2D eigenvalue weighted by atomic mass is 9.97. The molecule has 0 saturated carbocycles. The van der Waals surface area contributed by atoms with Crippen molar-refractivity contribution < 1.29 is 5.11 Å². The van der Waals surface area contributed by atoms with Crippen molar-refractivity contribution >= 4 is 22.7 Å². The zero-order valence-corrected chi connectivity index (χ0v) is 11.4. The summed E-state index contributed by atoms with van der Waals surface area (Å²) >= 11 is 1.94. The second-order valence-corrected chi connectivity index (χ2v) is 6.13. The molecule has 1 aliphatic rings. The maximum atomic E-state index is 10.3. The number of rotatable bonds is 3. The minimum atomic E-state index is -0.252. The highest BCUT2D eigenvalue weighted by Crippen LogP contribution is 2.28. The molecule has 3 nitrogen and oxygen atoms in total. The Hall–Kier alpha value is -1.00. The van der Waals surface area contributed by atoms with Gasteiger partial charge in [0.15, 0.2) is 0 Å². The fourth-order valence-corrected chi connectivity index (χ4v) is 3.99. The summed E-state index contributed by atoms with van der Waals surface area (Å²) in [5.74, 6) is 2.71. The van der Waals surface area contributed by atoms with Crippen LogP contribution in [0.4, 0.5) is 0 Å². The fourth-order valence-electron chi connectivity index (χ4n) is 2.66. The second-order valence-electron chi connectivity index (χ2n) is 4.98. The zero-order valence-electron chi connectivity index (χ0n) is 10.5. The average molecular weight is 262 g/mol. The van der Waals surface area contributed by atoms with Gasteiger partial charge in [0.1, 0.15) is 0 Å². The first-order chi connectivity index (χ1) is 8.75. The van der Waals surface area contributed by atoms with Gasteiger partial charge in [-0.2, -0.15) is 16.9 Å². The van der Waals surface area contributed by atoms with Crippen LogP contribution in [0.2, 0.25) is 0 Å². The van der Waals surface area contributed by atoms with E-state index in [0.29, 0.717) is 12.3 Å². The third-order valence-corrected chi connectivity index (χ3v) is 4.93. The fraction of sp³-hybridized carbons (Fsp3) is 0.500. The van der Waals surface area contributed by atoms with E-state index in [-0.39, 0.29) is 6.10 Å². The molecule has 3 rings (SSSR count). The van der Waals surface area contributed by atoms with Crippen LogP contribution in [0.3, 0.4) is 0 Å². The highest BCUT2D eigenvalue weighted by molar-refractivity contribution is 7.99. The number of para-hydroxylation sites is 1. The molecule has 1 aliphatic heterocycles. The van der Waals surface area contributed by atoms with Crippen molar-refractivity contribution in [1.82, 2.24) is 9.78 Å². The van der Waals surface area contributed by atoms with Crippen LogP contribution in [-0.4, -0.2) is 32.5 Å². The number of thioether (sulfide) groups is 1. The number of hydrogen-bond donors (Lipinski definition) is 1. The van der Waals surface area contributed by atoms with Crippen molar-refractivity contribution in [3.05, 3.63) is 30.0 Å². The SMILES string of the molecule is Cn1nc(CC(O)C2CCSC2)c2ccccc21. The van der Waals surface area contributed by atoms with Crippen molar-refractivity contribution in [2.24, 2.45) is 13.0 Å². The van der Waals surface area contributed by atoms with Crippen molar-refractivity contribution in [1.29, 1.82) is 0 Å². The quantitative estimate of drug-likeness (QED) is 0.922. The van der Waals surface area contributed by atoms with Crippen LogP contribution < -0.4 is 0 Å². The number of fused-ring (bicyclic) bond motifs is 1. The molecule has 1 aromatic heterocycles. The smallest absolute Gasteiger partial charge is 0.0729 e. The Bertz CT molecular complexity index is 546. The van der Waals surface area contributed by atoms with Gasteiger partial charge in [0.25, 0.3) is 0 Å². The van der Waals surface area contributed by atoms with Crippen LogP contribution in [-0.2, 0) is 13.5 Å². The third kappa shape index (κ3) is 2.15. The third-order valence-electron chi connectivity index (χ3n) is 3.75. The summed E-state index contributed by atoms with van der Waals surface area (Å²) in [7, 11) is 1.96. The molecule has 0 radical (unpaired) electrons. The van der Waals surface area contributed by atoms with Gasteiger partial charge in [0, 0.05) is 18.9 Å². The Balaban J connectivity index is 1.86. The lowest BCUT2D eigenvalue weighted by Gasteiger charge is -2.15. The molecule has 0 bridgehead atoms. The summed E-state index contributed by atoms with van der Waals surface area (Å²) < 4.78 is 1.90. The Kier molecular flexibility index (Phi) is 3.31. The van der Waals surface area contributed by atoms with Crippen molar-refractivity contribution in [2.45, 2.75) is 18.9 Å². The van der Waals surface area contributed by atoms with Gasteiger partial charge in [0.2, 0.25) is 0 Å². The molecule has 1 N–H and O–H groups in total. The maximum absolute atomic E-state index is 10.3. The van der Waals surface area contributed by atoms with Crippen LogP contribution in [0, 0.1) is 5.92 Å². The van der Waals surface area contributed by atoms with E-state index in [1.165, 1.54) is 11.1 Å². The molecule has 2 aromatic rings. The molecule has 2 heterocycles. The molecule has 1 aromatic carbocycles. The van der Waals surface area contributed by atoms with E-state index in [9.17, 15) is 5.11 Å². The summed E-state index contributed by atoms with van der Waals surface area (Å²) in [4.78, 5) is 0. The molecular formula is C14H18N2OS. The predicted octanol–water partition coefficient (Wildman–Crippen LogP) is 2.23. The lowest BCUT2D eigenvalue weighted by Crippen LogP contribution is -2.22. The first-order valence-electron chi connectivity index (χ1n) is 6.42. The van der Waals surface area contributed by atoms with E-state index in [1.54, 1.807) is 0 Å². The molecule has 2 atom stereocenters. The monoisotopic (exact) mass is 262 g/mol. The van der Waals surface area contributed by atoms with Crippen LogP contribution in [0.15, 0.2) is 24.3 Å². The van der Waals surface area contributed by atoms with Gasteiger partial charge in [-0.25, -0.2) is 0 Å². The lowest BCUT2D eigenvalue weighted by molar-refractivity contribution is 0.119. The van der Waals surface area contributed by atoms with E-state index in [4.69, 9.17) is 0 Å². The molecule has 1 saturated heterocycles. The van der Waals surface area contributed by atoms with E-state index in [2.05, 4.69) is 17.2 Å². The average Bonchev–Trinajstić information content (AvgIpc) is 3.00. The Labute approximate surface area is 111 Å². The molecule has 0 spiro atoms. The van der Waals surface area contributed by atoms with Gasteiger partial charge >= 0.3 is 0 Å². The molecule has 1 fully saturated rings. The van der Waals surface area contributed by atoms with Crippen LogP contribution >= 0.6 is 11.8 Å². The number of aromatic nitrogens is 2. The summed E-state index contributed by atoms with van der Waals surface area (Å²) in [5, 5.41) is 16.0. The van der Waals surface area contributed by atoms with E-state index in [0.717, 1.165) is 23.4 Å². The van der Waals surface area contributed by atoms with Gasteiger partial charge in [-0.3, -0.25) is 4.68 Å². The second kappa shape index (κ2) is 4.94. The number of aliphatic hydroxyl groups excluding tert-OH is 1. The summed E-state index contributed by atoms with van der Waals surface area (Å²) in [6, 6.07) is 8.22. The summed E-state index contributed by atoms with van der Waals surface area (Å²) in [6.07, 6.45) is 1.56. The Morgan fingerprint density at radius 2 is 2.33 bits per heavy atom. The van der Waals surface area contributed by atoms with E-state index in [1.807, 2.05) is 35.6 Å². The largest absolute Gasteiger partial charge is 0.392 e. The molecular weight excluding hydrogens is 244 g/mol. The van der Waals surface area contributed by atoms with Crippen molar-refractivity contribution in [3.63, 3.8) is 0 Å². The first kappa shape index (κ1) is 12.1. The molecule has 4 heteroatoms. The molecule has 2 unspecified atom stereocenters. The normalized spacial score (nSPS) is 21.6. The minimum absolute atomic E-state index is 0.252. The summed E-state index contributed by atoms with van der Waals surface area (Å²) in [5.41, 5.74) is 2.16.